The summed E-state index contributed by atoms with van der Waals surface area (Å²) in [4.78, 5) is 24.6. The number of hydrogen-bond donors (Lipinski definition) is 1. The third-order valence-corrected chi connectivity index (χ3v) is 7.08. The topological polar surface area (TPSA) is 118 Å². The average molecular weight is 420 g/mol. The maximum Gasteiger partial charge on any atom is 0.349 e. The molecule has 1 amide bonds. The van der Waals surface area contributed by atoms with Crippen LogP contribution in [0.1, 0.15) is 49.2 Å². The number of amides is 1. The highest BCUT2D eigenvalue weighted by Gasteiger charge is 2.31. The molecule has 3 rings (SSSR count). The molecule has 1 aliphatic carbocycles. The molecule has 1 saturated carbocycles. The molecule has 8 nitrogen and oxygen atoms in total. The molecule has 1 aliphatic heterocycles. The first-order chi connectivity index (χ1) is 13.6. The van der Waals surface area contributed by atoms with E-state index < -0.39 is 33.9 Å². The van der Waals surface area contributed by atoms with Crippen molar-refractivity contribution >= 4 is 27.8 Å². The van der Waals surface area contributed by atoms with Gasteiger partial charge in [-0.3, -0.25) is 4.79 Å². The number of sulfone groups is 1. The second kappa shape index (κ2) is 8.03. The second-order valence-electron chi connectivity index (χ2n) is 7.75. The molecule has 0 aromatic carbocycles. The molecule has 9 heteroatoms. The SMILES string of the molecule is Cc1cc(/C=C(\C#N)C(=O)O[C@@H](C)C(=O)N[C@@H]2CCS(=O)(=O)C2)c(C)n1C1CC1. The molecule has 2 fully saturated rings. The number of esters is 1. The predicted molar refractivity (Wildman–Crippen MR) is 107 cm³/mol. The van der Waals surface area contributed by atoms with E-state index in [0.717, 1.165) is 29.8 Å². The summed E-state index contributed by atoms with van der Waals surface area (Å²) in [5, 5.41) is 12.0. The first kappa shape index (κ1) is 21.1. The second-order valence-corrected chi connectivity index (χ2v) is 9.98. The van der Waals surface area contributed by atoms with Crippen LogP contribution in [0.3, 0.4) is 0 Å². The standard InChI is InChI=1S/C20H25N3O5S/c1-12-8-15(13(2)23(12)18-4-5-18)9-16(10-21)20(25)28-14(3)19(24)22-17-6-7-29(26,27)11-17/h8-9,14,17-18H,4-7,11H2,1-3H3,(H,22,24)/b16-9+/t14-,17+/m0/s1. The summed E-state index contributed by atoms with van der Waals surface area (Å²) in [6, 6.07) is 3.78. The Morgan fingerprint density at radius 1 is 1.34 bits per heavy atom. The lowest BCUT2D eigenvalue weighted by molar-refractivity contribution is -0.150. The number of ether oxygens (including phenoxy) is 1. The molecule has 1 aromatic rings. The Hall–Kier alpha value is -2.60. The normalized spacial score (nSPS) is 22.0. The van der Waals surface area contributed by atoms with Crippen LogP contribution in [0.25, 0.3) is 6.08 Å². The van der Waals surface area contributed by atoms with Gasteiger partial charge in [-0.2, -0.15) is 5.26 Å². The Kier molecular flexibility index (Phi) is 5.85. The number of carbonyl (C=O) groups excluding carboxylic acids is 2. The van der Waals surface area contributed by atoms with Gasteiger partial charge in [0.25, 0.3) is 5.91 Å². The van der Waals surface area contributed by atoms with Gasteiger partial charge in [-0.15, -0.1) is 0 Å². The maximum atomic E-state index is 12.4. The minimum atomic E-state index is -3.13. The van der Waals surface area contributed by atoms with Crippen LogP contribution < -0.4 is 5.32 Å². The molecular weight excluding hydrogens is 394 g/mol. The van der Waals surface area contributed by atoms with Crippen LogP contribution in [0.4, 0.5) is 0 Å². The Bertz CT molecular complexity index is 1010. The average Bonchev–Trinajstić information content (AvgIpc) is 3.35. The Morgan fingerprint density at radius 2 is 2.03 bits per heavy atom. The van der Waals surface area contributed by atoms with E-state index in [-0.39, 0.29) is 17.1 Å². The van der Waals surface area contributed by atoms with Gasteiger partial charge < -0.3 is 14.6 Å². The molecule has 0 radical (unpaired) electrons. The van der Waals surface area contributed by atoms with Gasteiger partial charge in [0.2, 0.25) is 0 Å². The fourth-order valence-electron chi connectivity index (χ4n) is 3.64. The van der Waals surface area contributed by atoms with Crippen LogP contribution in [-0.2, 0) is 24.2 Å². The number of aromatic nitrogens is 1. The van der Waals surface area contributed by atoms with E-state index in [0.29, 0.717) is 12.5 Å². The van der Waals surface area contributed by atoms with Crippen LogP contribution in [0.2, 0.25) is 0 Å². The summed E-state index contributed by atoms with van der Waals surface area (Å²) in [5.41, 5.74) is 2.64. The van der Waals surface area contributed by atoms with E-state index in [2.05, 4.69) is 9.88 Å². The zero-order valence-electron chi connectivity index (χ0n) is 16.8. The van der Waals surface area contributed by atoms with Gasteiger partial charge in [0.05, 0.1) is 11.5 Å². The van der Waals surface area contributed by atoms with Gasteiger partial charge in [-0.1, -0.05) is 0 Å². The van der Waals surface area contributed by atoms with Gasteiger partial charge in [0.1, 0.15) is 11.6 Å². The van der Waals surface area contributed by atoms with Crippen molar-refractivity contribution in [3.63, 3.8) is 0 Å². The van der Waals surface area contributed by atoms with Crippen LogP contribution in [0, 0.1) is 25.2 Å². The quantitative estimate of drug-likeness (QED) is 0.425. The zero-order chi connectivity index (χ0) is 21.3. The van der Waals surface area contributed by atoms with Crippen molar-refractivity contribution < 1.29 is 22.7 Å². The van der Waals surface area contributed by atoms with Crippen molar-refractivity contribution in [2.75, 3.05) is 11.5 Å². The Morgan fingerprint density at radius 3 is 2.59 bits per heavy atom. The van der Waals surface area contributed by atoms with Gasteiger partial charge in [-0.05, 0) is 57.7 Å². The molecule has 1 N–H and O–H groups in total. The van der Waals surface area contributed by atoms with Crippen molar-refractivity contribution in [3.8, 4) is 6.07 Å². The summed E-state index contributed by atoms with van der Waals surface area (Å²) < 4.78 is 30.3. The van der Waals surface area contributed by atoms with Crippen molar-refractivity contribution in [2.24, 2.45) is 0 Å². The lowest BCUT2D eigenvalue weighted by Crippen LogP contribution is -2.42. The summed E-state index contributed by atoms with van der Waals surface area (Å²) in [7, 11) is -3.13. The molecule has 29 heavy (non-hydrogen) atoms. The molecule has 156 valence electrons. The highest BCUT2D eigenvalue weighted by molar-refractivity contribution is 7.91. The van der Waals surface area contributed by atoms with Crippen LogP contribution in [0.5, 0.6) is 0 Å². The largest absolute Gasteiger partial charge is 0.448 e. The molecule has 1 saturated heterocycles. The molecule has 2 atom stereocenters. The first-order valence-electron chi connectivity index (χ1n) is 9.63. The van der Waals surface area contributed by atoms with Crippen LogP contribution in [0.15, 0.2) is 11.6 Å². The van der Waals surface area contributed by atoms with E-state index in [1.165, 1.54) is 13.0 Å². The fraction of sp³-hybridized carbons (Fsp3) is 0.550. The van der Waals surface area contributed by atoms with Crippen molar-refractivity contribution in [2.45, 2.75) is 58.2 Å². The molecule has 1 aromatic heterocycles. The number of rotatable bonds is 6. The molecule has 0 unspecified atom stereocenters. The van der Waals surface area contributed by atoms with Crippen LogP contribution >= 0.6 is 0 Å². The highest BCUT2D eigenvalue weighted by Crippen LogP contribution is 2.38. The number of nitrogens with zero attached hydrogens (tertiary/aromatic N) is 2. The number of hydrogen-bond acceptors (Lipinski definition) is 6. The van der Waals surface area contributed by atoms with Gasteiger partial charge in [-0.25, -0.2) is 13.2 Å². The van der Waals surface area contributed by atoms with Crippen molar-refractivity contribution in [1.29, 1.82) is 5.26 Å². The van der Waals surface area contributed by atoms with Crippen LogP contribution in [-0.4, -0.2) is 48.5 Å². The summed E-state index contributed by atoms with van der Waals surface area (Å²) >= 11 is 0. The highest BCUT2D eigenvalue weighted by atomic mass is 32.2. The predicted octanol–water partition coefficient (Wildman–Crippen LogP) is 1.58. The third kappa shape index (κ3) is 4.88. The van der Waals surface area contributed by atoms with E-state index in [1.54, 1.807) is 0 Å². The Balaban J connectivity index is 1.65. The van der Waals surface area contributed by atoms with Gasteiger partial charge in [0.15, 0.2) is 15.9 Å². The first-order valence-corrected chi connectivity index (χ1v) is 11.5. The van der Waals surface area contributed by atoms with E-state index >= 15 is 0 Å². The maximum absolute atomic E-state index is 12.4. The smallest absolute Gasteiger partial charge is 0.349 e. The Labute approximate surface area is 170 Å². The number of aryl methyl sites for hydroxylation is 1. The lowest BCUT2D eigenvalue weighted by atomic mass is 10.1. The third-order valence-electron chi connectivity index (χ3n) is 5.31. The zero-order valence-corrected chi connectivity index (χ0v) is 17.6. The van der Waals surface area contributed by atoms with E-state index in [1.807, 2.05) is 26.0 Å². The van der Waals surface area contributed by atoms with E-state index in [9.17, 15) is 23.3 Å². The monoisotopic (exact) mass is 419 g/mol. The molecule has 2 aliphatic rings. The van der Waals surface area contributed by atoms with Crippen molar-refractivity contribution in [3.05, 3.63) is 28.6 Å². The fourth-order valence-corrected chi connectivity index (χ4v) is 5.31. The summed E-state index contributed by atoms with van der Waals surface area (Å²) in [6.07, 6.45) is 2.94. The summed E-state index contributed by atoms with van der Waals surface area (Å²) in [6.45, 7) is 5.33. The number of nitrogens with one attached hydrogen (secondary N) is 1. The van der Waals surface area contributed by atoms with Gasteiger partial charge >= 0.3 is 5.97 Å². The summed E-state index contributed by atoms with van der Waals surface area (Å²) in [5.74, 6) is -1.54. The van der Waals surface area contributed by atoms with Crippen molar-refractivity contribution in [1.82, 2.24) is 9.88 Å². The number of carbonyl (C=O) groups is 2. The molecule has 2 heterocycles. The number of nitriles is 1. The van der Waals surface area contributed by atoms with Gasteiger partial charge in [0, 0.05) is 23.5 Å². The molecule has 0 bridgehead atoms. The van der Waals surface area contributed by atoms with E-state index in [4.69, 9.17) is 4.74 Å². The minimum Gasteiger partial charge on any atom is -0.448 e. The lowest BCUT2D eigenvalue weighted by Gasteiger charge is -2.16. The minimum absolute atomic E-state index is 0.0344. The molecule has 0 spiro atoms. The molecular formula is C20H25N3O5S.